The van der Waals surface area contributed by atoms with E-state index in [1.807, 2.05) is 18.2 Å². The summed E-state index contributed by atoms with van der Waals surface area (Å²) in [7, 11) is 0. The number of carbonyl (C=O) groups excluding carboxylic acids is 1. The Morgan fingerprint density at radius 2 is 2.27 bits per heavy atom. The van der Waals surface area contributed by atoms with Gasteiger partial charge >= 0.3 is 0 Å². The molecule has 1 amide bonds. The number of carbonyl (C=O) groups is 1. The van der Waals surface area contributed by atoms with E-state index in [1.54, 1.807) is 23.8 Å². The summed E-state index contributed by atoms with van der Waals surface area (Å²) in [5.41, 5.74) is 1.36. The fourth-order valence-corrected chi connectivity index (χ4v) is 4.20. The summed E-state index contributed by atoms with van der Waals surface area (Å²) in [6, 6.07) is 11.7. The summed E-state index contributed by atoms with van der Waals surface area (Å²) in [5, 5.41) is 17.3. The maximum atomic E-state index is 12.3. The molecular weight excluding hydrogens is 400 g/mol. The van der Waals surface area contributed by atoms with E-state index >= 15 is 0 Å². The molecule has 1 fully saturated rings. The van der Waals surface area contributed by atoms with Gasteiger partial charge < -0.3 is 15.1 Å². The van der Waals surface area contributed by atoms with Crippen molar-refractivity contribution in [2.24, 2.45) is 0 Å². The number of nitriles is 1. The number of nitrogens with one attached hydrogen (secondary N) is 2. The lowest BCUT2D eigenvalue weighted by Gasteiger charge is -2.30. The molecule has 3 aromatic rings. The van der Waals surface area contributed by atoms with Crippen molar-refractivity contribution in [3.63, 3.8) is 0 Å². The number of aromatic nitrogens is 2. The minimum Gasteiger partial charge on any atom is -0.467 e. The highest BCUT2D eigenvalue weighted by atomic mass is 32.1. The van der Waals surface area contributed by atoms with Gasteiger partial charge in [-0.25, -0.2) is 9.97 Å². The van der Waals surface area contributed by atoms with Gasteiger partial charge in [0.05, 0.1) is 25.4 Å². The number of amides is 1. The fourth-order valence-electron chi connectivity index (χ4n) is 3.51. The van der Waals surface area contributed by atoms with Gasteiger partial charge in [0.15, 0.2) is 5.13 Å². The van der Waals surface area contributed by atoms with Crippen LogP contribution < -0.4 is 10.6 Å². The lowest BCUT2D eigenvalue weighted by Crippen LogP contribution is -2.34. The van der Waals surface area contributed by atoms with Crippen LogP contribution in [0.1, 0.15) is 40.7 Å². The second kappa shape index (κ2) is 9.52. The van der Waals surface area contributed by atoms with Gasteiger partial charge in [-0.3, -0.25) is 9.69 Å². The summed E-state index contributed by atoms with van der Waals surface area (Å²) < 4.78 is 5.21. The Labute approximate surface area is 178 Å². The molecular formula is C21H22N6O2S. The molecule has 0 radical (unpaired) electrons. The molecule has 154 valence electrons. The molecule has 30 heavy (non-hydrogen) atoms. The number of thiazole rings is 1. The number of hydrogen-bond acceptors (Lipinski definition) is 8. The molecule has 0 bridgehead atoms. The van der Waals surface area contributed by atoms with Gasteiger partial charge in [-0.05, 0) is 43.7 Å². The van der Waals surface area contributed by atoms with Gasteiger partial charge in [0, 0.05) is 23.5 Å². The zero-order valence-corrected chi connectivity index (χ0v) is 17.2. The summed E-state index contributed by atoms with van der Waals surface area (Å²) in [6.45, 7) is 2.59. The van der Waals surface area contributed by atoms with Crippen LogP contribution in [-0.2, 0) is 6.54 Å². The highest BCUT2D eigenvalue weighted by Gasteiger charge is 2.22. The molecule has 0 spiro atoms. The van der Waals surface area contributed by atoms with Crippen molar-refractivity contribution in [3.8, 4) is 6.07 Å². The van der Waals surface area contributed by atoms with E-state index in [2.05, 4.69) is 26.6 Å². The molecule has 0 saturated carbocycles. The topological polar surface area (TPSA) is 107 Å². The van der Waals surface area contributed by atoms with Crippen LogP contribution in [0.15, 0.2) is 46.4 Å². The first-order valence-electron chi connectivity index (χ1n) is 9.80. The number of nitrogens with zero attached hydrogens (tertiary/aromatic N) is 4. The summed E-state index contributed by atoms with van der Waals surface area (Å²) in [5.74, 6) is 1.45. The smallest absolute Gasteiger partial charge is 0.271 e. The number of likely N-dealkylation sites (tertiary alicyclic amines) is 1. The van der Waals surface area contributed by atoms with Crippen LogP contribution in [-0.4, -0.2) is 40.4 Å². The lowest BCUT2D eigenvalue weighted by atomic mass is 9.94. The Bertz CT molecular complexity index is 1030. The molecule has 0 aromatic carbocycles. The highest BCUT2D eigenvalue weighted by Crippen LogP contribution is 2.27. The summed E-state index contributed by atoms with van der Waals surface area (Å²) >= 11 is 1.35. The Morgan fingerprint density at radius 1 is 1.33 bits per heavy atom. The van der Waals surface area contributed by atoms with Gasteiger partial charge in [-0.1, -0.05) is 6.07 Å². The SMILES string of the molecule is N#CCN1CCC[C@@H](c2cccc(Nc3nc(C(=O)NCc4ccco4)cs3)n2)C1. The number of pyridine rings is 1. The third kappa shape index (κ3) is 5.03. The van der Waals surface area contributed by atoms with E-state index in [-0.39, 0.29) is 5.91 Å². The molecule has 1 aliphatic rings. The van der Waals surface area contributed by atoms with Crippen LogP contribution in [0.5, 0.6) is 0 Å². The number of rotatable bonds is 7. The van der Waals surface area contributed by atoms with E-state index in [4.69, 9.17) is 14.7 Å². The molecule has 4 rings (SSSR count). The first kappa shape index (κ1) is 20.1. The van der Waals surface area contributed by atoms with Gasteiger partial charge in [0.2, 0.25) is 0 Å². The lowest BCUT2D eigenvalue weighted by molar-refractivity contribution is 0.0944. The zero-order chi connectivity index (χ0) is 20.8. The highest BCUT2D eigenvalue weighted by molar-refractivity contribution is 7.14. The quantitative estimate of drug-likeness (QED) is 0.561. The predicted octanol–water partition coefficient (Wildman–Crippen LogP) is 3.51. The summed E-state index contributed by atoms with van der Waals surface area (Å²) in [6.07, 6.45) is 3.70. The Hall–Kier alpha value is -3.22. The largest absolute Gasteiger partial charge is 0.467 e. The van der Waals surface area contributed by atoms with Crippen molar-refractivity contribution in [2.45, 2.75) is 25.3 Å². The predicted molar refractivity (Wildman–Crippen MR) is 114 cm³/mol. The third-order valence-electron chi connectivity index (χ3n) is 4.96. The van der Waals surface area contributed by atoms with Crippen LogP contribution in [0.2, 0.25) is 0 Å². The molecule has 2 N–H and O–H groups in total. The number of anilines is 2. The average Bonchev–Trinajstić information content (AvgIpc) is 3.45. The molecule has 1 aliphatic heterocycles. The Balaban J connectivity index is 1.37. The Morgan fingerprint density at radius 3 is 3.10 bits per heavy atom. The van der Waals surface area contributed by atoms with Crippen LogP contribution in [0.25, 0.3) is 0 Å². The third-order valence-corrected chi connectivity index (χ3v) is 5.72. The Kier molecular flexibility index (Phi) is 6.37. The van der Waals surface area contributed by atoms with Crippen molar-refractivity contribution in [2.75, 3.05) is 25.0 Å². The first-order valence-corrected chi connectivity index (χ1v) is 10.7. The number of piperidine rings is 1. The summed E-state index contributed by atoms with van der Waals surface area (Å²) in [4.78, 5) is 23.5. The standard InChI is InChI=1S/C21H22N6O2S/c22-8-10-27-9-2-4-15(13-27)17-6-1-7-19(24-17)26-21-25-18(14-30-21)20(28)23-12-16-5-3-11-29-16/h1,3,5-7,11,14-15H,2,4,9-10,12-13H2,(H,23,28)(H,24,25,26)/t15-/m1/s1. The van der Waals surface area contributed by atoms with Gasteiger partial charge in [-0.2, -0.15) is 5.26 Å². The van der Waals surface area contributed by atoms with Crippen LogP contribution in [0.4, 0.5) is 10.9 Å². The van der Waals surface area contributed by atoms with Gasteiger partial charge in [0.25, 0.3) is 5.91 Å². The molecule has 8 nitrogen and oxygen atoms in total. The zero-order valence-electron chi connectivity index (χ0n) is 16.4. The monoisotopic (exact) mass is 422 g/mol. The van der Waals surface area contributed by atoms with Crippen LogP contribution >= 0.6 is 11.3 Å². The maximum Gasteiger partial charge on any atom is 0.271 e. The molecule has 3 aromatic heterocycles. The molecule has 1 saturated heterocycles. The van der Waals surface area contributed by atoms with E-state index in [0.29, 0.717) is 41.4 Å². The second-order valence-electron chi connectivity index (χ2n) is 7.11. The molecule has 0 aliphatic carbocycles. The second-order valence-corrected chi connectivity index (χ2v) is 7.96. The average molecular weight is 423 g/mol. The van der Waals surface area contributed by atoms with Crippen molar-refractivity contribution in [3.05, 3.63) is 59.1 Å². The molecule has 0 unspecified atom stereocenters. The molecule has 1 atom stereocenters. The van der Waals surface area contributed by atoms with Gasteiger partial charge in [-0.15, -0.1) is 11.3 Å². The number of hydrogen-bond donors (Lipinski definition) is 2. The molecule has 4 heterocycles. The van der Waals surface area contributed by atoms with Crippen LogP contribution in [0.3, 0.4) is 0 Å². The normalized spacial score (nSPS) is 16.7. The first-order chi connectivity index (χ1) is 14.7. The van der Waals surface area contributed by atoms with Crippen molar-refractivity contribution < 1.29 is 9.21 Å². The number of furan rings is 1. The van der Waals surface area contributed by atoms with Crippen molar-refractivity contribution in [1.29, 1.82) is 5.26 Å². The van der Waals surface area contributed by atoms with E-state index in [0.717, 1.165) is 31.6 Å². The fraction of sp³-hybridized carbons (Fsp3) is 0.333. The molecule has 9 heteroatoms. The van der Waals surface area contributed by atoms with Crippen molar-refractivity contribution in [1.82, 2.24) is 20.2 Å². The van der Waals surface area contributed by atoms with Crippen molar-refractivity contribution >= 4 is 28.2 Å². The minimum absolute atomic E-state index is 0.253. The van der Waals surface area contributed by atoms with E-state index in [1.165, 1.54) is 11.3 Å². The minimum atomic E-state index is -0.253. The maximum absolute atomic E-state index is 12.3. The van der Waals surface area contributed by atoms with E-state index in [9.17, 15) is 4.79 Å². The van der Waals surface area contributed by atoms with E-state index < -0.39 is 0 Å². The van der Waals surface area contributed by atoms with Gasteiger partial charge in [0.1, 0.15) is 17.3 Å². The van der Waals surface area contributed by atoms with Crippen LogP contribution in [0, 0.1) is 11.3 Å².